The van der Waals surface area contributed by atoms with Gasteiger partial charge in [-0.15, -0.1) is 0 Å². The highest BCUT2D eigenvalue weighted by Gasteiger charge is 2.28. The van der Waals surface area contributed by atoms with Crippen molar-refractivity contribution in [1.29, 1.82) is 0 Å². The summed E-state index contributed by atoms with van der Waals surface area (Å²) in [4.78, 5) is 18.2. The highest BCUT2D eigenvalue weighted by molar-refractivity contribution is 8.00. The zero-order chi connectivity index (χ0) is 20.2. The van der Waals surface area contributed by atoms with E-state index >= 15 is 0 Å². The highest BCUT2D eigenvalue weighted by atomic mass is 35.5. The van der Waals surface area contributed by atoms with Crippen LogP contribution in [0.3, 0.4) is 0 Å². The molecule has 154 valence electrons. The molecule has 0 saturated carbocycles. The van der Waals surface area contributed by atoms with Crippen LogP contribution in [0.1, 0.15) is 19.3 Å². The molecule has 29 heavy (non-hydrogen) atoms. The Hall–Kier alpha value is -1.93. The van der Waals surface area contributed by atoms with Crippen LogP contribution in [0, 0.1) is 0 Å². The summed E-state index contributed by atoms with van der Waals surface area (Å²) in [5.41, 5.74) is 8.80. The van der Waals surface area contributed by atoms with E-state index in [1.165, 1.54) is 32.4 Å². The van der Waals surface area contributed by atoms with Gasteiger partial charge in [0.2, 0.25) is 0 Å². The predicted molar refractivity (Wildman–Crippen MR) is 122 cm³/mol. The molecule has 0 spiro atoms. The Morgan fingerprint density at radius 3 is 2.48 bits per heavy atom. The number of hydrogen-bond acceptors (Lipinski definition) is 5. The molecular weight excluding hydrogens is 406 g/mol. The van der Waals surface area contributed by atoms with Crippen molar-refractivity contribution in [2.75, 3.05) is 41.7 Å². The topological polar surface area (TPSA) is 73.6 Å². The number of thioether (sulfide) groups is 1. The van der Waals surface area contributed by atoms with Crippen molar-refractivity contribution in [1.82, 2.24) is 4.90 Å². The first-order valence-corrected chi connectivity index (χ1v) is 11.2. The van der Waals surface area contributed by atoms with E-state index in [0.717, 1.165) is 29.4 Å². The fourth-order valence-electron chi connectivity index (χ4n) is 3.76. The standard InChI is InChI=1S/C21H26ClN5OS/c22-15-4-6-16(7-5-15)24-21(28)25-17-8-9-19-18(14-17)27(20(23)29-19)13-12-26-10-2-1-3-11-26/h4-9,14,20H,1-3,10-13,23H2,(H2,24,25,28). The van der Waals surface area contributed by atoms with Gasteiger partial charge in [0, 0.05) is 34.4 Å². The lowest BCUT2D eigenvalue weighted by Crippen LogP contribution is -2.43. The van der Waals surface area contributed by atoms with Crippen LogP contribution in [-0.2, 0) is 0 Å². The van der Waals surface area contributed by atoms with Crippen LogP contribution >= 0.6 is 23.4 Å². The first kappa shape index (κ1) is 20.3. The maximum atomic E-state index is 12.3. The predicted octanol–water partition coefficient (Wildman–Crippen LogP) is 4.62. The lowest BCUT2D eigenvalue weighted by molar-refractivity contribution is 0.233. The summed E-state index contributed by atoms with van der Waals surface area (Å²) in [6.07, 6.45) is 3.91. The van der Waals surface area contributed by atoms with Gasteiger partial charge in [-0.1, -0.05) is 29.8 Å². The summed E-state index contributed by atoms with van der Waals surface area (Å²) >= 11 is 7.55. The van der Waals surface area contributed by atoms with E-state index in [2.05, 4.69) is 20.4 Å². The Morgan fingerprint density at radius 1 is 1.03 bits per heavy atom. The lowest BCUT2D eigenvalue weighted by atomic mass is 10.1. The maximum absolute atomic E-state index is 12.3. The Kier molecular flexibility index (Phi) is 6.50. The molecule has 2 amide bonds. The molecular formula is C21H26ClN5OS. The van der Waals surface area contributed by atoms with Gasteiger partial charge in [-0.05, 0) is 68.4 Å². The van der Waals surface area contributed by atoms with Crippen molar-refractivity contribution in [2.45, 2.75) is 29.7 Å². The molecule has 0 bridgehead atoms. The van der Waals surface area contributed by atoms with Crippen molar-refractivity contribution in [3.05, 3.63) is 47.5 Å². The number of nitrogens with two attached hydrogens (primary N) is 1. The zero-order valence-electron chi connectivity index (χ0n) is 16.2. The van der Waals surface area contributed by atoms with E-state index in [0.29, 0.717) is 10.7 Å². The molecule has 1 atom stereocenters. The molecule has 1 saturated heterocycles. The molecule has 0 aliphatic carbocycles. The van der Waals surface area contributed by atoms with E-state index < -0.39 is 0 Å². The Bertz CT molecular complexity index is 857. The number of rotatable bonds is 5. The van der Waals surface area contributed by atoms with E-state index in [1.807, 2.05) is 18.2 Å². The van der Waals surface area contributed by atoms with Gasteiger partial charge in [0.15, 0.2) is 0 Å². The molecule has 4 rings (SSSR count). The number of carbonyl (C=O) groups excluding carboxylic acids is 1. The molecule has 0 aromatic heterocycles. The number of likely N-dealkylation sites (tertiary alicyclic amines) is 1. The van der Waals surface area contributed by atoms with Crippen LogP contribution in [0.15, 0.2) is 47.4 Å². The summed E-state index contributed by atoms with van der Waals surface area (Å²) in [7, 11) is 0. The second-order valence-electron chi connectivity index (χ2n) is 7.37. The molecule has 2 aliphatic rings. The third-order valence-corrected chi connectivity index (χ3v) is 6.64. The van der Waals surface area contributed by atoms with Gasteiger partial charge < -0.3 is 26.2 Å². The summed E-state index contributed by atoms with van der Waals surface area (Å²) < 4.78 is 0. The Balaban J connectivity index is 1.39. The number of piperidine rings is 1. The van der Waals surface area contributed by atoms with E-state index in [9.17, 15) is 4.79 Å². The number of carbonyl (C=O) groups is 1. The first-order valence-electron chi connectivity index (χ1n) is 9.97. The average Bonchev–Trinajstić information content (AvgIpc) is 3.03. The van der Waals surface area contributed by atoms with E-state index in [-0.39, 0.29) is 11.5 Å². The zero-order valence-corrected chi connectivity index (χ0v) is 17.8. The summed E-state index contributed by atoms with van der Waals surface area (Å²) in [5.74, 6) is 0. The van der Waals surface area contributed by atoms with Gasteiger partial charge in [-0.3, -0.25) is 0 Å². The van der Waals surface area contributed by atoms with Gasteiger partial charge in [0.1, 0.15) is 5.50 Å². The number of urea groups is 1. The van der Waals surface area contributed by atoms with Crippen LogP contribution in [0.2, 0.25) is 5.02 Å². The van der Waals surface area contributed by atoms with Gasteiger partial charge in [-0.25, -0.2) is 4.79 Å². The van der Waals surface area contributed by atoms with Crippen molar-refractivity contribution >= 4 is 46.5 Å². The number of halogens is 1. The summed E-state index contributed by atoms with van der Waals surface area (Å²) in [6.45, 7) is 4.26. The van der Waals surface area contributed by atoms with Crippen LogP contribution in [-0.4, -0.2) is 42.6 Å². The van der Waals surface area contributed by atoms with Gasteiger partial charge in [0.25, 0.3) is 0 Å². The number of hydrogen-bond donors (Lipinski definition) is 3. The normalized spacial score (nSPS) is 19.1. The van der Waals surface area contributed by atoms with Gasteiger partial charge in [-0.2, -0.15) is 0 Å². The van der Waals surface area contributed by atoms with Crippen LogP contribution in [0.4, 0.5) is 21.9 Å². The van der Waals surface area contributed by atoms with Crippen LogP contribution in [0.5, 0.6) is 0 Å². The van der Waals surface area contributed by atoms with E-state index in [4.69, 9.17) is 17.3 Å². The van der Waals surface area contributed by atoms with Crippen LogP contribution in [0.25, 0.3) is 0 Å². The number of nitrogens with zero attached hydrogens (tertiary/aromatic N) is 2. The molecule has 2 aliphatic heterocycles. The third kappa shape index (κ3) is 5.17. The second kappa shape index (κ2) is 9.26. The molecule has 2 aromatic rings. The SMILES string of the molecule is NC1Sc2ccc(NC(=O)Nc3ccc(Cl)cc3)cc2N1CCN1CCCCC1. The summed E-state index contributed by atoms with van der Waals surface area (Å²) in [6, 6.07) is 12.7. The quantitative estimate of drug-likeness (QED) is 0.643. The average molecular weight is 432 g/mol. The highest BCUT2D eigenvalue weighted by Crippen LogP contribution is 2.42. The summed E-state index contributed by atoms with van der Waals surface area (Å²) in [5, 5.41) is 6.35. The lowest BCUT2D eigenvalue weighted by Gasteiger charge is -2.30. The second-order valence-corrected chi connectivity index (χ2v) is 8.97. The van der Waals surface area contributed by atoms with Crippen molar-refractivity contribution in [3.8, 4) is 0 Å². The minimum absolute atomic E-state index is 0.0899. The van der Waals surface area contributed by atoms with Crippen molar-refractivity contribution in [3.63, 3.8) is 0 Å². The van der Waals surface area contributed by atoms with Gasteiger partial charge in [0.05, 0.1) is 5.69 Å². The molecule has 2 aromatic carbocycles. The van der Waals surface area contributed by atoms with Crippen molar-refractivity contribution in [2.24, 2.45) is 5.73 Å². The van der Waals surface area contributed by atoms with E-state index in [1.54, 1.807) is 36.0 Å². The Morgan fingerprint density at radius 2 is 1.72 bits per heavy atom. The minimum Gasteiger partial charge on any atom is -0.345 e. The Labute approximate surface area is 180 Å². The number of anilines is 3. The fourth-order valence-corrected chi connectivity index (χ4v) is 4.93. The molecule has 4 N–H and O–H groups in total. The number of fused-ring (bicyclic) bond motifs is 1. The van der Waals surface area contributed by atoms with Crippen molar-refractivity contribution < 1.29 is 4.79 Å². The molecule has 8 heteroatoms. The number of nitrogens with one attached hydrogen (secondary N) is 2. The molecule has 6 nitrogen and oxygen atoms in total. The minimum atomic E-state index is -0.290. The van der Waals surface area contributed by atoms with Crippen LogP contribution < -0.4 is 21.3 Å². The monoisotopic (exact) mass is 431 g/mol. The van der Waals surface area contributed by atoms with Gasteiger partial charge >= 0.3 is 6.03 Å². The molecule has 1 fully saturated rings. The molecule has 2 heterocycles. The number of amides is 2. The molecule has 0 radical (unpaired) electrons. The first-order chi connectivity index (χ1) is 14.1. The third-order valence-electron chi connectivity index (χ3n) is 5.29. The largest absolute Gasteiger partial charge is 0.345 e. The smallest absolute Gasteiger partial charge is 0.323 e. The maximum Gasteiger partial charge on any atom is 0.323 e. The number of benzene rings is 2. The fraction of sp³-hybridized carbons (Fsp3) is 0.381. The molecule has 1 unspecified atom stereocenters.